The molecule has 0 rings (SSSR count). The number of hydrogen-bond donors (Lipinski definition) is 1. The molecule has 0 aliphatic heterocycles. The summed E-state index contributed by atoms with van der Waals surface area (Å²) < 4.78 is 25.5. The zero-order valence-electron chi connectivity index (χ0n) is 14.2. The lowest BCUT2D eigenvalue weighted by atomic mass is 10.0. The maximum Gasteiger partial charge on any atom is 0.374 e. The van der Waals surface area contributed by atoms with Gasteiger partial charge >= 0.3 is 11.9 Å². The standard InChI is InChI=1S/C16H30F2O2.CH3I/c1-2-3-4-5-6-7-8-9-10-11-12-13-14-16(17,18)15(19)20;1-2/h2-14H2,1H3,(H,19,20);1H3. The largest absolute Gasteiger partial charge is 0.477 e. The van der Waals surface area contributed by atoms with Gasteiger partial charge in [-0.15, -0.1) is 0 Å². The zero-order valence-corrected chi connectivity index (χ0v) is 16.3. The predicted octanol–water partition coefficient (Wildman–Crippen LogP) is 6.85. The molecule has 5 heteroatoms. The Kier molecular flexibility index (Phi) is 19.2. The summed E-state index contributed by atoms with van der Waals surface area (Å²) in [6, 6.07) is 0. The molecule has 0 aliphatic rings. The van der Waals surface area contributed by atoms with Crippen LogP contribution in [0.2, 0.25) is 0 Å². The fourth-order valence-electron chi connectivity index (χ4n) is 2.29. The Morgan fingerprint density at radius 3 is 1.45 bits per heavy atom. The summed E-state index contributed by atoms with van der Waals surface area (Å²) in [6.45, 7) is 2.21. The molecule has 2 nitrogen and oxygen atoms in total. The number of carboxylic acid groups (broad SMARTS) is 1. The zero-order chi connectivity index (χ0) is 17.3. The number of halogens is 3. The number of unbranched alkanes of at least 4 members (excludes halogenated alkanes) is 11. The van der Waals surface area contributed by atoms with E-state index in [1.807, 2.05) is 4.93 Å². The van der Waals surface area contributed by atoms with Gasteiger partial charge in [0, 0.05) is 6.42 Å². The maximum absolute atomic E-state index is 12.8. The molecule has 0 saturated carbocycles. The van der Waals surface area contributed by atoms with Crippen molar-refractivity contribution < 1.29 is 18.7 Å². The van der Waals surface area contributed by atoms with Gasteiger partial charge in [-0.1, -0.05) is 100 Å². The quantitative estimate of drug-likeness (QED) is 0.184. The maximum atomic E-state index is 12.8. The molecular weight excluding hydrogens is 401 g/mol. The fourth-order valence-corrected chi connectivity index (χ4v) is 2.29. The molecule has 0 bridgehead atoms. The van der Waals surface area contributed by atoms with E-state index in [1.165, 1.54) is 51.4 Å². The van der Waals surface area contributed by atoms with Crippen LogP contribution in [0.3, 0.4) is 0 Å². The summed E-state index contributed by atoms with van der Waals surface area (Å²) in [7, 11) is 0. The van der Waals surface area contributed by atoms with Gasteiger partial charge in [0.2, 0.25) is 0 Å². The minimum Gasteiger partial charge on any atom is -0.477 e. The van der Waals surface area contributed by atoms with Gasteiger partial charge in [0.05, 0.1) is 0 Å². The molecule has 0 amide bonds. The van der Waals surface area contributed by atoms with Crippen LogP contribution in [0.15, 0.2) is 0 Å². The molecule has 0 fully saturated rings. The molecule has 134 valence electrons. The lowest BCUT2D eigenvalue weighted by Gasteiger charge is -2.10. The van der Waals surface area contributed by atoms with Gasteiger partial charge in [-0.3, -0.25) is 0 Å². The number of alkyl halides is 3. The van der Waals surface area contributed by atoms with Crippen molar-refractivity contribution in [3.05, 3.63) is 0 Å². The second-order valence-corrected chi connectivity index (χ2v) is 5.65. The Morgan fingerprint density at radius 2 is 1.14 bits per heavy atom. The number of rotatable bonds is 14. The van der Waals surface area contributed by atoms with Crippen LogP contribution in [0.5, 0.6) is 0 Å². The highest BCUT2D eigenvalue weighted by molar-refractivity contribution is 14.1. The Labute approximate surface area is 148 Å². The third-order valence-corrected chi connectivity index (χ3v) is 3.66. The van der Waals surface area contributed by atoms with E-state index in [-0.39, 0.29) is 0 Å². The molecule has 0 heterocycles. The van der Waals surface area contributed by atoms with Crippen molar-refractivity contribution in [2.75, 3.05) is 4.93 Å². The van der Waals surface area contributed by atoms with E-state index in [4.69, 9.17) is 5.11 Å². The molecule has 0 aromatic heterocycles. The average molecular weight is 434 g/mol. The molecular formula is C17H33F2IO2. The summed E-state index contributed by atoms with van der Waals surface area (Å²) in [4.78, 5) is 12.2. The second-order valence-electron chi connectivity index (χ2n) is 5.65. The van der Waals surface area contributed by atoms with Crippen LogP contribution in [-0.2, 0) is 4.79 Å². The lowest BCUT2D eigenvalue weighted by Crippen LogP contribution is -2.27. The number of carbonyl (C=O) groups is 1. The molecule has 0 aromatic rings. The van der Waals surface area contributed by atoms with Gasteiger partial charge in [0.25, 0.3) is 0 Å². The first-order valence-corrected chi connectivity index (χ1v) is 10.7. The number of carboxylic acids is 1. The van der Waals surface area contributed by atoms with E-state index in [2.05, 4.69) is 29.5 Å². The van der Waals surface area contributed by atoms with Crippen LogP contribution in [0, 0.1) is 0 Å². The van der Waals surface area contributed by atoms with Crippen molar-refractivity contribution >= 4 is 28.6 Å². The van der Waals surface area contributed by atoms with Gasteiger partial charge in [0.1, 0.15) is 0 Å². The van der Waals surface area contributed by atoms with Crippen molar-refractivity contribution in [1.29, 1.82) is 0 Å². The van der Waals surface area contributed by atoms with Crippen molar-refractivity contribution in [3.8, 4) is 0 Å². The second kappa shape index (κ2) is 17.4. The highest BCUT2D eigenvalue weighted by Gasteiger charge is 2.37. The Hall–Kier alpha value is 0.0600. The van der Waals surface area contributed by atoms with Crippen LogP contribution in [0.1, 0.15) is 90.4 Å². The molecule has 1 N–H and O–H groups in total. The van der Waals surface area contributed by atoms with Crippen molar-refractivity contribution in [2.45, 2.75) is 96.3 Å². The summed E-state index contributed by atoms with van der Waals surface area (Å²) in [5.74, 6) is -5.54. The fraction of sp³-hybridized carbons (Fsp3) is 0.941. The minimum atomic E-state index is -3.54. The van der Waals surface area contributed by atoms with Gasteiger partial charge in [-0.25, -0.2) is 4.79 Å². The topological polar surface area (TPSA) is 37.3 Å². The smallest absolute Gasteiger partial charge is 0.374 e. The molecule has 22 heavy (non-hydrogen) atoms. The van der Waals surface area contributed by atoms with Gasteiger partial charge in [-0.2, -0.15) is 8.78 Å². The molecule has 0 spiro atoms. The van der Waals surface area contributed by atoms with E-state index < -0.39 is 18.3 Å². The van der Waals surface area contributed by atoms with E-state index in [1.54, 1.807) is 0 Å². The van der Waals surface area contributed by atoms with E-state index in [0.29, 0.717) is 12.8 Å². The van der Waals surface area contributed by atoms with Crippen LogP contribution in [0.25, 0.3) is 0 Å². The Morgan fingerprint density at radius 1 is 0.818 bits per heavy atom. The first-order valence-electron chi connectivity index (χ1n) is 8.49. The highest BCUT2D eigenvalue weighted by Crippen LogP contribution is 2.22. The van der Waals surface area contributed by atoms with Gasteiger partial charge in [0.15, 0.2) is 0 Å². The van der Waals surface area contributed by atoms with E-state index in [0.717, 1.165) is 12.8 Å². The Bertz CT molecular complexity index is 249. The third-order valence-electron chi connectivity index (χ3n) is 3.66. The summed E-state index contributed by atoms with van der Waals surface area (Å²) >= 11 is 2.15. The molecule has 0 unspecified atom stereocenters. The van der Waals surface area contributed by atoms with Crippen molar-refractivity contribution in [1.82, 2.24) is 0 Å². The highest BCUT2D eigenvalue weighted by atomic mass is 127. The predicted molar refractivity (Wildman–Crippen MR) is 98.2 cm³/mol. The summed E-state index contributed by atoms with van der Waals surface area (Å²) in [5, 5.41) is 8.27. The molecule has 0 aromatic carbocycles. The monoisotopic (exact) mass is 434 g/mol. The van der Waals surface area contributed by atoms with Gasteiger partial charge < -0.3 is 5.11 Å². The average Bonchev–Trinajstić information content (AvgIpc) is 2.50. The first-order chi connectivity index (χ1) is 10.5. The first kappa shape index (κ1) is 24.3. The normalized spacial score (nSPS) is 11.0. The Balaban J connectivity index is 0. The van der Waals surface area contributed by atoms with Crippen LogP contribution < -0.4 is 0 Å². The van der Waals surface area contributed by atoms with E-state index >= 15 is 0 Å². The van der Waals surface area contributed by atoms with Gasteiger partial charge in [-0.05, 0) is 11.4 Å². The molecule has 0 radical (unpaired) electrons. The van der Waals surface area contributed by atoms with Crippen LogP contribution >= 0.6 is 22.6 Å². The third kappa shape index (κ3) is 16.4. The van der Waals surface area contributed by atoms with Crippen molar-refractivity contribution in [2.24, 2.45) is 0 Å². The molecule has 0 atom stereocenters. The van der Waals surface area contributed by atoms with E-state index in [9.17, 15) is 13.6 Å². The number of hydrogen-bond acceptors (Lipinski definition) is 1. The lowest BCUT2D eigenvalue weighted by molar-refractivity contribution is -0.165. The summed E-state index contributed by atoms with van der Waals surface area (Å²) in [6.07, 6.45) is 12.8. The summed E-state index contributed by atoms with van der Waals surface area (Å²) in [5.41, 5.74) is 0. The van der Waals surface area contributed by atoms with Crippen molar-refractivity contribution in [3.63, 3.8) is 0 Å². The number of aliphatic carboxylic acids is 1. The van der Waals surface area contributed by atoms with Crippen LogP contribution in [0.4, 0.5) is 8.78 Å². The minimum absolute atomic E-state index is 0.302. The molecule has 0 saturated heterocycles. The van der Waals surface area contributed by atoms with Crippen LogP contribution in [-0.4, -0.2) is 21.9 Å². The molecule has 0 aliphatic carbocycles. The SMILES string of the molecule is CCCCCCCCCCCCCCC(F)(F)C(=O)O.CI.